The molecule has 14 nitrogen and oxygen atoms in total. The average Bonchev–Trinajstić information content (AvgIpc) is 2.72. The zero-order valence-electron chi connectivity index (χ0n) is 17.1. The minimum absolute atomic E-state index is 0.282. The van der Waals surface area contributed by atoms with Crippen molar-refractivity contribution in [2.45, 2.75) is 56.3 Å². The van der Waals surface area contributed by atoms with Crippen LogP contribution in [0.3, 0.4) is 0 Å². The average molecular weight is 448 g/mol. The standard InChI is InChI=1S/C17H32N6O8/c18-6-2-1-3-9(19)14(27)22-11(7-24)16(29)21-10(4-5-13(20)26)15(28)23-12(8-25)17(30)31/h9-12,24-25H,1-8,18-19H2,(H2,20,26)(H,21,29)(H,22,27)(H,23,28)(H,30,31). The first-order chi connectivity index (χ1) is 14.6. The number of hydrogen-bond donors (Lipinski definition) is 9. The molecule has 12 N–H and O–H groups in total. The monoisotopic (exact) mass is 448 g/mol. The summed E-state index contributed by atoms with van der Waals surface area (Å²) in [6.45, 7) is -1.29. The first-order valence-electron chi connectivity index (χ1n) is 9.66. The molecule has 0 rings (SSSR count). The molecule has 178 valence electrons. The Balaban J connectivity index is 5.13. The lowest BCUT2D eigenvalue weighted by Crippen LogP contribution is -2.58. The van der Waals surface area contributed by atoms with E-state index < -0.39 is 67.0 Å². The number of nitrogens with two attached hydrogens (primary N) is 3. The maximum atomic E-state index is 12.4. The quantitative estimate of drug-likeness (QED) is 0.102. The Kier molecular flexibility index (Phi) is 13.7. The molecular weight excluding hydrogens is 416 g/mol. The first kappa shape index (κ1) is 28.2. The second-order valence-corrected chi connectivity index (χ2v) is 6.78. The number of unbranched alkanes of at least 4 members (excludes halogenated alkanes) is 1. The normalized spacial score (nSPS) is 14.6. The van der Waals surface area contributed by atoms with Crippen LogP contribution in [-0.2, 0) is 24.0 Å². The van der Waals surface area contributed by atoms with E-state index in [0.29, 0.717) is 25.8 Å². The number of carboxylic acid groups (broad SMARTS) is 1. The molecule has 0 aliphatic rings. The summed E-state index contributed by atoms with van der Waals surface area (Å²) in [5, 5.41) is 33.9. The lowest BCUT2D eigenvalue weighted by atomic mass is 10.1. The summed E-state index contributed by atoms with van der Waals surface area (Å²) in [7, 11) is 0. The highest BCUT2D eigenvalue weighted by Gasteiger charge is 2.30. The van der Waals surface area contributed by atoms with Crippen molar-refractivity contribution in [1.82, 2.24) is 16.0 Å². The predicted octanol–water partition coefficient (Wildman–Crippen LogP) is -4.77. The fourth-order valence-corrected chi connectivity index (χ4v) is 2.40. The van der Waals surface area contributed by atoms with Crippen LogP contribution in [0.4, 0.5) is 0 Å². The van der Waals surface area contributed by atoms with E-state index in [0.717, 1.165) is 0 Å². The van der Waals surface area contributed by atoms with Crippen LogP contribution >= 0.6 is 0 Å². The Morgan fingerprint density at radius 2 is 1.29 bits per heavy atom. The van der Waals surface area contributed by atoms with E-state index in [1.807, 2.05) is 5.32 Å². The molecule has 0 heterocycles. The Morgan fingerprint density at radius 1 is 0.774 bits per heavy atom. The molecule has 0 saturated carbocycles. The third-order valence-electron chi connectivity index (χ3n) is 4.23. The van der Waals surface area contributed by atoms with E-state index in [4.69, 9.17) is 27.4 Å². The fourth-order valence-electron chi connectivity index (χ4n) is 2.40. The van der Waals surface area contributed by atoms with Crippen LogP contribution in [0.1, 0.15) is 32.1 Å². The van der Waals surface area contributed by atoms with Gasteiger partial charge in [-0.25, -0.2) is 4.79 Å². The maximum absolute atomic E-state index is 12.4. The van der Waals surface area contributed by atoms with E-state index in [1.54, 1.807) is 0 Å². The molecule has 0 aliphatic heterocycles. The smallest absolute Gasteiger partial charge is 0.328 e. The Labute approximate surface area is 178 Å². The molecule has 0 saturated heterocycles. The van der Waals surface area contributed by atoms with Gasteiger partial charge in [-0.3, -0.25) is 19.2 Å². The van der Waals surface area contributed by atoms with Gasteiger partial charge in [-0.1, -0.05) is 6.42 Å². The van der Waals surface area contributed by atoms with E-state index in [-0.39, 0.29) is 12.8 Å². The van der Waals surface area contributed by atoms with Crippen molar-refractivity contribution in [3.8, 4) is 0 Å². The number of amides is 4. The first-order valence-corrected chi connectivity index (χ1v) is 9.66. The molecule has 14 heteroatoms. The second-order valence-electron chi connectivity index (χ2n) is 6.78. The largest absolute Gasteiger partial charge is 0.480 e. The van der Waals surface area contributed by atoms with Gasteiger partial charge in [-0.2, -0.15) is 0 Å². The van der Waals surface area contributed by atoms with Crippen LogP contribution in [0, 0.1) is 0 Å². The highest BCUT2D eigenvalue weighted by Crippen LogP contribution is 2.02. The summed E-state index contributed by atoms with van der Waals surface area (Å²) in [6, 6.07) is -5.45. The topological polar surface area (TPSA) is 260 Å². The summed E-state index contributed by atoms with van der Waals surface area (Å²) in [5.41, 5.74) is 16.1. The van der Waals surface area contributed by atoms with Gasteiger partial charge in [0.2, 0.25) is 23.6 Å². The number of aliphatic carboxylic acids is 1. The van der Waals surface area contributed by atoms with Crippen molar-refractivity contribution in [2.24, 2.45) is 17.2 Å². The third kappa shape index (κ3) is 11.2. The zero-order chi connectivity index (χ0) is 24.0. The number of carbonyl (C=O) groups is 5. The van der Waals surface area contributed by atoms with Gasteiger partial charge in [0.05, 0.1) is 19.3 Å². The molecule has 0 fully saturated rings. The number of hydrogen-bond acceptors (Lipinski definition) is 9. The molecule has 4 atom stereocenters. The van der Waals surface area contributed by atoms with Crippen LogP contribution in [0.15, 0.2) is 0 Å². The second kappa shape index (κ2) is 15.1. The molecule has 0 aliphatic carbocycles. The molecule has 4 unspecified atom stereocenters. The molecule has 0 aromatic carbocycles. The number of primary amides is 1. The highest BCUT2D eigenvalue weighted by atomic mass is 16.4. The van der Waals surface area contributed by atoms with Gasteiger partial charge in [0.25, 0.3) is 0 Å². The molecule has 0 bridgehead atoms. The Bertz CT molecular complexity index is 632. The van der Waals surface area contributed by atoms with Crippen LogP contribution in [0.25, 0.3) is 0 Å². The molecule has 0 aromatic heterocycles. The van der Waals surface area contributed by atoms with Gasteiger partial charge in [0.15, 0.2) is 0 Å². The van der Waals surface area contributed by atoms with Crippen molar-refractivity contribution in [1.29, 1.82) is 0 Å². The van der Waals surface area contributed by atoms with E-state index in [9.17, 15) is 29.1 Å². The van der Waals surface area contributed by atoms with E-state index in [1.165, 1.54) is 0 Å². The number of aliphatic hydroxyl groups excluding tert-OH is 2. The summed E-state index contributed by atoms with van der Waals surface area (Å²) in [5.74, 6) is -4.96. The van der Waals surface area contributed by atoms with Gasteiger partial charge >= 0.3 is 5.97 Å². The number of aliphatic hydroxyl groups is 2. The van der Waals surface area contributed by atoms with Crippen molar-refractivity contribution >= 4 is 29.6 Å². The summed E-state index contributed by atoms with van der Waals surface area (Å²) in [4.78, 5) is 58.9. The fraction of sp³-hybridized carbons (Fsp3) is 0.706. The number of carboxylic acids is 1. The number of carbonyl (C=O) groups excluding carboxylic acids is 4. The van der Waals surface area contributed by atoms with Gasteiger partial charge in [0, 0.05) is 6.42 Å². The third-order valence-corrected chi connectivity index (χ3v) is 4.23. The minimum atomic E-state index is -1.64. The van der Waals surface area contributed by atoms with Gasteiger partial charge in [0.1, 0.15) is 18.1 Å². The van der Waals surface area contributed by atoms with Gasteiger partial charge in [-0.15, -0.1) is 0 Å². The zero-order valence-corrected chi connectivity index (χ0v) is 17.1. The lowest BCUT2D eigenvalue weighted by Gasteiger charge is -2.24. The Hall–Kier alpha value is -2.81. The summed E-state index contributed by atoms with van der Waals surface area (Å²) in [6.07, 6.45) is 0.954. The van der Waals surface area contributed by atoms with Crippen LogP contribution in [0.5, 0.6) is 0 Å². The molecule has 31 heavy (non-hydrogen) atoms. The Morgan fingerprint density at radius 3 is 1.77 bits per heavy atom. The van der Waals surface area contributed by atoms with E-state index in [2.05, 4.69) is 10.6 Å². The van der Waals surface area contributed by atoms with E-state index >= 15 is 0 Å². The minimum Gasteiger partial charge on any atom is -0.480 e. The summed E-state index contributed by atoms with van der Waals surface area (Å²) >= 11 is 0. The highest BCUT2D eigenvalue weighted by molar-refractivity contribution is 5.94. The van der Waals surface area contributed by atoms with Crippen LogP contribution < -0.4 is 33.2 Å². The van der Waals surface area contributed by atoms with Crippen molar-refractivity contribution in [2.75, 3.05) is 19.8 Å². The molecule has 4 amide bonds. The van der Waals surface area contributed by atoms with Gasteiger partial charge in [-0.05, 0) is 25.8 Å². The lowest BCUT2D eigenvalue weighted by molar-refractivity contribution is -0.143. The number of nitrogens with one attached hydrogen (secondary N) is 3. The molecule has 0 aromatic rings. The summed E-state index contributed by atoms with van der Waals surface area (Å²) < 4.78 is 0. The predicted molar refractivity (Wildman–Crippen MR) is 107 cm³/mol. The SMILES string of the molecule is NCCCCC(N)C(=O)NC(CO)C(=O)NC(CCC(N)=O)C(=O)NC(CO)C(=O)O. The molecular formula is C17H32N6O8. The van der Waals surface area contributed by atoms with Gasteiger partial charge < -0.3 is 48.5 Å². The van der Waals surface area contributed by atoms with Crippen molar-refractivity contribution < 1.29 is 39.3 Å². The molecule has 0 radical (unpaired) electrons. The van der Waals surface area contributed by atoms with Crippen molar-refractivity contribution in [3.63, 3.8) is 0 Å². The number of rotatable bonds is 16. The molecule has 0 spiro atoms. The van der Waals surface area contributed by atoms with Crippen molar-refractivity contribution in [3.05, 3.63) is 0 Å². The van der Waals surface area contributed by atoms with Crippen LogP contribution in [-0.4, -0.2) is 88.8 Å². The van der Waals surface area contributed by atoms with Crippen LogP contribution in [0.2, 0.25) is 0 Å². The maximum Gasteiger partial charge on any atom is 0.328 e.